The standard InChI is InChI=1S/C14H20O3S/c15-9-5-2-6-10-18-13(14(16)17)11-12-7-3-1-4-8-12/h1,3-4,7-8,13,15H,2,5-6,9-11H2,(H,16,17). The van der Waals surface area contributed by atoms with Crippen molar-refractivity contribution in [3.8, 4) is 0 Å². The highest BCUT2D eigenvalue weighted by atomic mass is 32.2. The Hall–Kier alpha value is -1.00. The zero-order valence-electron chi connectivity index (χ0n) is 10.4. The largest absolute Gasteiger partial charge is 0.480 e. The molecule has 0 saturated carbocycles. The van der Waals surface area contributed by atoms with Crippen LogP contribution in [0.2, 0.25) is 0 Å². The maximum atomic E-state index is 11.2. The first kappa shape index (κ1) is 15.1. The number of thioether (sulfide) groups is 1. The third kappa shape index (κ3) is 6.07. The van der Waals surface area contributed by atoms with Gasteiger partial charge in [-0.3, -0.25) is 4.79 Å². The van der Waals surface area contributed by atoms with Crippen molar-refractivity contribution >= 4 is 17.7 Å². The van der Waals surface area contributed by atoms with E-state index in [0.29, 0.717) is 6.42 Å². The minimum atomic E-state index is -0.744. The molecule has 0 aliphatic heterocycles. The van der Waals surface area contributed by atoms with Crippen molar-refractivity contribution in [2.24, 2.45) is 0 Å². The molecular weight excluding hydrogens is 248 g/mol. The lowest BCUT2D eigenvalue weighted by Gasteiger charge is -2.12. The van der Waals surface area contributed by atoms with Crippen molar-refractivity contribution in [3.63, 3.8) is 0 Å². The zero-order valence-corrected chi connectivity index (χ0v) is 11.2. The Labute approximate surface area is 112 Å². The molecule has 2 N–H and O–H groups in total. The van der Waals surface area contributed by atoms with Crippen molar-refractivity contribution < 1.29 is 15.0 Å². The van der Waals surface area contributed by atoms with Crippen molar-refractivity contribution in [2.45, 2.75) is 30.9 Å². The lowest BCUT2D eigenvalue weighted by Crippen LogP contribution is -2.19. The fourth-order valence-corrected chi connectivity index (χ4v) is 2.77. The molecule has 18 heavy (non-hydrogen) atoms. The molecule has 0 saturated heterocycles. The normalized spacial score (nSPS) is 12.3. The van der Waals surface area contributed by atoms with Crippen LogP contribution in [-0.2, 0) is 11.2 Å². The molecule has 1 atom stereocenters. The predicted molar refractivity (Wildman–Crippen MR) is 75.0 cm³/mol. The Balaban J connectivity index is 2.34. The van der Waals surface area contributed by atoms with E-state index < -0.39 is 5.97 Å². The molecule has 0 radical (unpaired) electrons. The molecule has 1 rings (SSSR count). The van der Waals surface area contributed by atoms with Crippen LogP contribution in [0.15, 0.2) is 30.3 Å². The minimum absolute atomic E-state index is 0.219. The molecule has 1 unspecified atom stereocenters. The maximum Gasteiger partial charge on any atom is 0.316 e. The van der Waals surface area contributed by atoms with Gasteiger partial charge in [0.25, 0.3) is 0 Å². The van der Waals surface area contributed by atoms with Gasteiger partial charge in [-0.2, -0.15) is 0 Å². The number of aliphatic hydroxyl groups is 1. The summed E-state index contributed by atoms with van der Waals surface area (Å²) in [7, 11) is 0. The third-order valence-electron chi connectivity index (χ3n) is 2.66. The number of carboxylic acids is 1. The third-order valence-corrected chi connectivity index (χ3v) is 3.96. The smallest absolute Gasteiger partial charge is 0.316 e. The Bertz CT molecular complexity index is 340. The second kappa shape index (κ2) is 9.00. The molecule has 0 aromatic heterocycles. The summed E-state index contributed by atoms with van der Waals surface area (Å²) in [6.07, 6.45) is 3.29. The highest BCUT2D eigenvalue weighted by molar-refractivity contribution is 8.00. The summed E-state index contributed by atoms with van der Waals surface area (Å²) >= 11 is 1.49. The lowest BCUT2D eigenvalue weighted by atomic mass is 10.1. The Kier molecular flexibility index (Phi) is 7.53. The monoisotopic (exact) mass is 268 g/mol. The summed E-state index contributed by atoms with van der Waals surface area (Å²) < 4.78 is 0. The zero-order chi connectivity index (χ0) is 13.2. The molecule has 100 valence electrons. The van der Waals surface area contributed by atoms with Gasteiger partial charge in [-0.1, -0.05) is 36.8 Å². The quantitative estimate of drug-likeness (QED) is 0.676. The van der Waals surface area contributed by atoms with E-state index in [4.69, 9.17) is 5.11 Å². The van der Waals surface area contributed by atoms with E-state index in [1.165, 1.54) is 11.8 Å². The number of hydrogen-bond donors (Lipinski definition) is 2. The van der Waals surface area contributed by atoms with Crippen LogP contribution in [0.4, 0.5) is 0 Å². The van der Waals surface area contributed by atoms with E-state index in [9.17, 15) is 9.90 Å². The molecule has 0 heterocycles. The van der Waals surface area contributed by atoms with Gasteiger partial charge in [0.05, 0.1) is 0 Å². The number of rotatable bonds is 9. The molecule has 0 fully saturated rings. The van der Waals surface area contributed by atoms with E-state index >= 15 is 0 Å². The fourth-order valence-electron chi connectivity index (χ4n) is 1.66. The number of benzene rings is 1. The van der Waals surface area contributed by atoms with Gasteiger partial charge in [-0.25, -0.2) is 0 Å². The van der Waals surface area contributed by atoms with E-state index in [0.717, 1.165) is 30.6 Å². The molecule has 0 aliphatic rings. The average molecular weight is 268 g/mol. The minimum Gasteiger partial charge on any atom is -0.480 e. The Morgan fingerprint density at radius 2 is 1.89 bits per heavy atom. The van der Waals surface area contributed by atoms with Crippen molar-refractivity contribution in [1.29, 1.82) is 0 Å². The molecule has 0 spiro atoms. The lowest BCUT2D eigenvalue weighted by molar-refractivity contribution is -0.136. The van der Waals surface area contributed by atoms with Gasteiger partial charge >= 0.3 is 5.97 Å². The van der Waals surface area contributed by atoms with Gasteiger partial charge in [-0.05, 0) is 30.6 Å². The highest BCUT2D eigenvalue weighted by Gasteiger charge is 2.17. The SMILES string of the molecule is O=C(O)C(Cc1ccccc1)SCCCCCO. The molecule has 3 nitrogen and oxygen atoms in total. The second-order valence-electron chi connectivity index (χ2n) is 4.17. The van der Waals surface area contributed by atoms with Crippen LogP contribution >= 0.6 is 11.8 Å². The number of aliphatic carboxylic acids is 1. The summed E-state index contributed by atoms with van der Waals surface area (Å²) in [6.45, 7) is 0.219. The van der Waals surface area contributed by atoms with Crippen LogP contribution < -0.4 is 0 Å². The van der Waals surface area contributed by atoms with Crippen LogP contribution in [0.25, 0.3) is 0 Å². The van der Waals surface area contributed by atoms with Crippen molar-refractivity contribution in [1.82, 2.24) is 0 Å². The number of unbranched alkanes of at least 4 members (excludes halogenated alkanes) is 2. The topological polar surface area (TPSA) is 57.5 Å². The number of carboxylic acid groups (broad SMARTS) is 1. The molecule has 0 aliphatic carbocycles. The average Bonchev–Trinajstić information content (AvgIpc) is 2.38. The van der Waals surface area contributed by atoms with E-state index in [1.807, 2.05) is 30.3 Å². The molecule has 0 amide bonds. The second-order valence-corrected chi connectivity index (χ2v) is 5.48. The van der Waals surface area contributed by atoms with Crippen LogP contribution in [0.3, 0.4) is 0 Å². The molecule has 4 heteroatoms. The van der Waals surface area contributed by atoms with Crippen LogP contribution in [0, 0.1) is 0 Å². The first-order chi connectivity index (χ1) is 8.74. The summed E-state index contributed by atoms with van der Waals surface area (Å²) in [6, 6.07) is 9.71. The first-order valence-corrected chi connectivity index (χ1v) is 7.28. The summed E-state index contributed by atoms with van der Waals surface area (Å²) in [5.74, 6) is 0.0927. The number of hydrogen-bond acceptors (Lipinski definition) is 3. The highest BCUT2D eigenvalue weighted by Crippen LogP contribution is 2.18. The van der Waals surface area contributed by atoms with Gasteiger partial charge in [0.1, 0.15) is 5.25 Å². The first-order valence-electron chi connectivity index (χ1n) is 6.23. The van der Waals surface area contributed by atoms with Crippen molar-refractivity contribution in [2.75, 3.05) is 12.4 Å². The van der Waals surface area contributed by atoms with Crippen LogP contribution in [0.5, 0.6) is 0 Å². The molecular formula is C14H20O3S. The van der Waals surface area contributed by atoms with Gasteiger partial charge in [-0.15, -0.1) is 11.8 Å². The van der Waals surface area contributed by atoms with E-state index in [2.05, 4.69) is 0 Å². The molecule has 1 aromatic rings. The maximum absolute atomic E-state index is 11.2. The van der Waals surface area contributed by atoms with Crippen molar-refractivity contribution in [3.05, 3.63) is 35.9 Å². The predicted octanol–water partition coefficient (Wildman–Crippen LogP) is 2.58. The van der Waals surface area contributed by atoms with Crippen LogP contribution in [0.1, 0.15) is 24.8 Å². The Morgan fingerprint density at radius 3 is 2.50 bits per heavy atom. The fraction of sp³-hybridized carbons (Fsp3) is 0.500. The van der Waals surface area contributed by atoms with Gasteiger partial charge in [0.2, 0.25) is 0 Å². The number of carbonyl (C=O) groups is 1. The summed E-state index contributed by atoms with van der Waals surface area (Å²) in [5.41, 5.74) is 1.06. The number of aliphatic hydroxyl groups excluding tert-OH is 1. The molecule has 0 bridgehead atoms. The van der Waals surface area contributed by atoms with Gasteiger partial charge in [0.15, 0.2) is 0 Å². The van der Waals surface area contributed by atoms with E-state index in [1.54, 1.807) is 0 Å². The van der Waals surface area contributed by atoms with Gasteiger partial charge < -0.3 is 10.2 Å². The van der Waals surface area contributed by atoms with Gasteiger partial charge in [0, 0.05) is 6.61 Å². The molecule has 1 aromatic carbocycles. The summed E-state index contributed by atoms with van der Waals surface area (Å²) in [4.78, 5) is 11.2. The van der Waals surface area contributed by atoms with Crippen LogP contribution in [-0.4, -0.2) is 33.8 Å². The summed E-state index contributed by atoms with van der Waals surface area (Å²) in [5, 5.41) is 17.5. The van der Waals surface area contributed by atoms with E-state index in [-0.39, 0.29) is 11.9 Å². The Morgan fingerprint density at radius 1 is 1.17 bits per heavy atom.